The van der Waals surface area contributed by atoms with Gasteiger partial charge in [0.2, 0.25) is 10.0 Å². The van der Waals surface area contributed by atoms with Gasteiger partial charge >= 0.3 is 0 Å². The molecule has 2 aromatic carbocycles. The summed E-state index contributed by atoms with van der Waals surface area (Å²) in [6, 6.07) is 9.55. The number of hydrogen-bond acceptors (Lipinski definition) is 3. The number of rotatable bonds is 5. The summed E-state index contributed by atoms with van der Waals surface area (Å²) < 4.78 is 27.6. The highest BCUT2D eigenvalue weighted by molar-refractivity contribution is 7.89. The standard InChI is InChI=1S/C23H31N3O3S/c1-16-6-7-21(18(3)12-16)30(28,29)26-10-8-25(9-11-26)15-22(27)24-23-19(4)13-17(2)14-20(23)5/h6-7,12-14H,8-11,15H2,1-5H3,(H,24,27)/p+1. The zero-order valence-electron chi connectivity index (χ0n) is 18.5. The number of quaternary nitrogens is 1. The number of carbonyl (C=O) groups excluding carboxylic acids is 1. The molecule has 1 aliphatic heterocycles. The molecule has 7 heteroatoms. The van der Waals surface area contributed by atoms with Crippen LogP contribution in [0.25, 0.3) is 0 Å². The summed E-state index contributed by atoms with van der Waals surface area (Å²) in [6.45, 7) is 12.2. The molecule has 1 fully saturated rings. The minimum absolute atomic E-state index is 0.0364. The summed E-state index contributed by atoms with van der Waals surface area (Å²) in [7, 11) is -3.51. The summed E-state index contributed by atoms with van der Waals surface area (Å²) in [5.74, 6) is -0.0364. The van der Waals surface area contributed by atoms with Crippen molar-refractivity contribution in [2.24, 2.45) is 0 Å². The normalized spacial score (nSPS) is 15.9. The highest BCUT2D eigenvalue weighted by atomic mass is 32.2. The number of carbonyl (C=O) groups is 1. The minimum atomic E-state index is -3.51. The maximum atomic E-state index is 13.0. The van der Waals surface area contributed by atoms with Gasteiger partial charge in [-0.2, -0.15) is 4.31 Å². The highest BCUT2D eigenvalue weighted by Gasteiger charge is 2.32. The fourth-order valence-electron chi connectivity index (χ4n) is 4.24. The van der Waals surface area contributed by atoms with Gasteiger partial charge in [0.05, 0.1) is 31.1 Å². The number of hydrogen-bond donors (Lipinski definition) is 2. The number of nitrogens with zero attached hydrogens (tertiary/aromatic N) is 1. The van der Waals surface area contributed by atoms with E-state index in [2.05, 4.69) is 17.4 Å². The molecule has 0 aromatic heterocycles. The number of nitrogens with one attached hydrogen (secondary N) is 2. The third-order valence-corrected chi connectivity index (χ3v) is 7.79. The second kappa shape index (κ2) is 8.88. The molecule has 30 heavy (non-hydrogen) atoms. The van der Waals surface area contributed by atoms with Crippen molar-refractivity contribution in [2.75, 3.05) is 38.0 Å². The Morgan fingerprint density at radius 2 is 1.50 bits per heavy atom. The van der Waals surface area contributed by atoms with Gasteiger partial charge in [0, 0.05) is 5.69 Å². The summed E-state index contributed by atoms with van der Waals surface area (Å²) in [5.41, 5.74) is 5.98. The van der Waals surface area contributed by atoms with Crippen molar-refractivity contribution in [3.05, 3.63) is 58.1 Å². The van der Waals surface area contributed by atoms with Crippen LogP contribution < -0.4 is 10.2 Å². The van der Waals surface area contributed by atoms with E-state index in [-0.39, 0.29) is 5.91 Å². The fraction of sp³-hybridized carbons (Fsp3) is 0.435. The number of benzene rings is 2. The maximum absolute atomic E-state index is 13.0. The van der Waals surface area contributed by atoms with Crippen LogP contribution in [-0.4, -0.2) is 51.4 Å². The van der Waals surface area contributed by atoms with Gasteiger partial charge in [0.15, 0.2) is 6.54 Å². The highest BCUT2D eigenvalue weighted by Crippen LogP contribution is 2.22. The van der Waals surface area contributed by atoms with Crippen LogP contribution in [0, 0.1) is 34.6 Å². The lowest BCUT2D eigenvalue weighted by Gasteiger charge is -2.31. The van der Waals surface area contributed by atoms with Crippen LogP contribution in [0.15, 0.2) is 35.2 Å². The maximum Gasteiger partial charge on any atom is 0.279 e. The molecule has 0 spiro atoms. The number of amides is 1. The van der Waals surface area contributed by atoms with Crippen LogP contribution in [-0.2, 0) is 14.8 Å². The molecule has 0 saturated carbocycles. The smallest absolute Gasteiger partial charge is 0.279 e. The Labute approximate surface area is 179 Å². The molecular formula is C23H32N3O3S+. The van der Waals surface area contributed by atoms with Gasteiger partial charge in [-0.3, -0.25) is 4.79 Å². The Morgan fingerprint density at radius 1 is 0.933 bits per heavy atom. The zero-order valence-corrected chi connectivity index (χ0v) is 19.3. The van der Waals surface area contributed by atoms with Gasteiger partial charge < -0.3 is 10.2 Å². The lowest BCUT2D eigenvalue weighted by atomic mass is 10.1. The summed E-state index contributed by atoms with van der Waals surface area (Å²) in [4.78, 5) is 14.1. The number of sulfonamides is 1. The van der Waals surface area contributed by atoms with Gasteiger partial charge in [-0.15, -0.1) is 0 Å². The lowest BCUT2D eigenvalue weighted by Crippen LogP contribution is -3.15. The zero-order chi connectivity index (χ0) is 22.1. The molecule has 2 aromatic rings. The Morgan fingerprint density at radius 3 is 2.07 bits per heavy atom. The summed E-state index contributed by atoms with van der Waals surface area (Å²) >= 11 is 0. The molecule has 0 bridgehead atoms. The van der Waals surface area contributed by atoms with E-state index in [1.165, 1.54) is 5.56 Å². The van der Waals surface area contributed by atoms with Crippen LogP contribution in [0.2, 0.25) is 0 Å². The van der Waals surface area contributed by atoms with Crippen LogP contribution >= 0.6 is 0 Å². The number of aryl methyl sites for hydroxylation is 5. The molecule has 0 atom stereocenters. The van der Waals surface area contributed by atoms with Gasteiger partial charge in [0.1, 0.15) is 0 Å². The van der Waals surface area contributed by atoms with Gasteiger partial charge in [-0.25, -0.2) is 8.42 Å². The molecular weight excluding hydrogens is 398 g/mol. The molecule has 1 saturated heterocycles. The molecule has 0 radical (unpaired) electrons. The van der Waals surface area contributed by atoms with E-state index in [1.54, 1.807) is 10.4 Å². The minimum Gasteiger partial charge on any atom is -0.325 e. The van der Waals surface area contributed by atoms with Crippen molar-refractivity contribution in [1.82, 2.24) is 4.31 Å². The van der Waals surface area contributed by atoms with E-state index in [9.17, 15) is 13.2 Å². The molecule has 162 valence electrons. The second-order valence-electron chi connectivity index (χ2n) is 8.42. The van der Waals surface area contributed by atoms with E-state index >= 15 is 0 Å². The largest absolute Gasteiger partial charge is 0.325 e. The van der Waals surface area contributed by atoms with Crippen molar-refractivity contribution in [3.8, 4) is 0 Å². The van der Waals surface area contributed by atoms with Crippen molar-refractivity contribution < 1.29 is 18.1 Å². The predicted octanol–water partition coefficient (Wildman–Crippen LogP) is 1.76. The van der Waals surface area contributed by atoms with Crippen molar-refractivity contribution in [3.63, 3.8) is 0 Å². The van der Waals surface area contributed by atoms with Gasteiger partial charge in [-0.05, 0) is 57.4 Å². The number of anilines is 1. The van der Waals surface area contributed by atoms with Crippen molar-refractivity contribution in [1.29, 1.82) is 0 Å². The molecule has 0 aliphatic carbocycles. The Bertz CT molecular complexity index is 1030. The molecule has 0 unspecified atom stereocenters. The summed E-state index contributed by atoms with van der Waals surface area (Å²) in [6.07, 6.45) is 0. The predicted molar refractivity (Wildman–Crippen MR) is 120 cm³/mol. The van der Waals surface area contributed by atoms with Crippen LogP contribution in [0.5, 0.6) is 0 Å². The first-order valence-electron chi connectivity index (χ1n) is 10.4. The molecule has 1 heterocycles. The summed E-state index contributed by atoms with van der Waals surface area (Å²) in [5, 5.41) is 3.04. The van der Waals surface area contributed by atoms with E-state index in [0.29, 0.717) is 37.6 Å². The molecule has 6 nitrogen and oxygen atoms in total. The Hall–Kier alpha value is -2.22. The molecule has 1 amide bonds. The van der Waals surface area contributed by atoms with E-state index in [0.717, 1.165) is 32.8 Å². The van der Waals surface area contributed by atoms with Crippen LogP contribution in [0.1, 0.15) is 27.8 Å². The van der Waals surface area contributed by atoms with Gasteiger partial charge in [0.25, 0.3) is 5.91 Å². The van der Waals surface area contributed by atoms with Crippen molar-refractivity contribution in [2.45, 2.75) is 39.5 Å². The third kappa shape index (κ3) is 4.91. The van der Waals surface area contributed by atoms with Crippen molar-refractivity contribution >= 4 is 21.6 Å². The molecule has 1 aliphatic rings. The Kier molecular flexibility index (Phi) is 6.65. The van der Waals surface area contributed by atoms with E-state index in [1.807, 2.05) is 46.8 Å². The topological polar surface area (TPSA) is 70.9 Å². The SMILES string of the molecule is Cc1ccc(S(=O)(=O)N2CC[NH+](CC(=O)Nc3c(C)cc(C)cc3C)CC2)c(C)c1. The first-order chi connectivity index (χ1) is 14.1. The first kappa shape index (κ1) is 22.5. The average Bonchev–Trinajstić information content (AvgIpc) is 2.65. The molecule has 3 rings (SSSR count). The van der Waals surface area contributed by atoms with E-state index in [4.69, 9.17) is 0 Å². The van der Waals surface area contributed by atoms with E-state index < -0.39 is 10.0 Å². The second-order valence-corrected chi connectivity index (χ2v) is 10.3. The van der Waals surface area contributed by atoms with Crippen LogP contribution in [0.3, 0.4) is 0 Å². The molecule has 2 N–H and O–H groups in total. The average molecular weight is 431 g/mol. The van der Waals surface area contributed by atoms with Gasteiger partial charge in [-0.1, -0.05) is 35.4 Å². The first-order valence-corrected chi connectivity index (χ1v) is 11.8. The lowest BCUT2D eigenvalue weighted by molar-refractivity contribution is -0.895. The third-order valence-electron chi connectivity index (χ3n) is 5.73. The fourth-order valence-corrected chi connectivity index (χ4v) is 5.88. The monoisotopic (exact) mass is 430 g/mol. The van der Waals surface area contributed by atoms with Crippen LogP contribution in [0.4, 0.5) is 5.69 Å². The Balaban J connectivity index is 1.60. The number of piperazine rings is 1. The quantitative estimate of drug-likeness (QED) is 0.759.